The second-order valence-corrected chi connectivity index (χ2v) is 5.75. The molecule has 4 nitrogen and oxygen atoms in total. The number of carbonyl (C=O) groups excluding carboxylic acids is 2. The van der Waals surface area contributed by atoms with Crippen LogP contribution in [0.15, 0.2) is 35.7 Å². The number of hydrogen-bond acceptors (Lipinski definition) is 3. The number of hydrogen-bond donors (Lipinski definition) is 2. The first-order valence-electron chi connectivity index (χ1n) is 5.49. The number of carbonyl (C=O) groups is 2. The first kappa shape index (κ1) is 14.0. The smallest absolute Gasteiger partial charge is 0.257 e. The fourth-order valence-corrected chi connectivity index (χ4v) is 2.95. The lowest BCUT2D eigenvalue weighted by Gasteiger charge is -2.07. The third-order valence-corrected chi connectivity index (χ3v) is 4.25. The maximum Gasteiger partial charge on any atom is 0.257 e. The van der Waals surface area contributed by atoms with Crippen molar-refractivity contribution in [3.05, 3.63) is 50.4 Å². The molecular formula is C13H11IN2O2S. The van der Waals surface area contributed by atoms with Crippen LogP contribution in [0.4, 0.5) is 5.00 Å². The minimum Gasteiger partial charge on any atom is -0.355 e. The molecule has 2 rings (SSSR count). The highest BCUT2D eigenvalue weighted by Crippen LogP contribution is 2.24. The van der Waals surface area contributed by atoms with Gasteiger partial charge < -0.3 is 10.6 Å². The van der Waals surface area contributed by atoms with Crippen molar-refractivity contribution in [2.24, 2.45) is 0 Å². The van der Waals surface area contributed by atoms with Crippen molar-refractivity contribution in [3.8, 4) is 0 Å². The van der Waals surface area contributed by atoms with Crippen LogP contribution < -0.4 is 10.6 Å². The van der Waals surface area contributed by atoms with Crippen LogP contribution in [0.2, 0.25) is 0 Å². The Morgan fingerprint density at radius 3 is 2.53 bits per heavy atom. The zero-order valence-corrected chi connectivity index (χ0v) is 13.0. The van der Waals surface area contributed by atoms with Crippen molar-refractivity contribution < 1.29 is 9.59 Å². The van der Waals surface area contributed by atoms with Crippen LogP contribution in [0.25, 0.3) is 0 Å². The lowest BCUT2D eigenvalue weighted by atomic mass is 10.2. The molecule has 0 aliphatic rings. The van der Waals surface area contributed by atoms with Crippen molar-refractivity contribution in [3.63, 3.8) is 0 Å². The molecule has 0 bridgehead atoms. The van der Waals surface area contributed by atoms with Crippen molar-refractivity contribution in [2.45, 2.75) is 0 Å². The van der Waals surface area contributed by atoms with E-state index in [0.717, 1.165) is 3.57 Å². The Bertz CT molecular complexity index is 625. The van der Waals surface area contributed by atoms with Gasteiger partial charge in [0, 0.05) is 10.6 Å². The first-order valence-corrected chi connectivity index (χ1v) is 7.44. The van der Waals surface area contributed by atoms with Gasteiger partial charge >= 0.3 is 0 Å². The van der Waals surface area contributed by atoms with Gasteiger partial charge in [-0.1, -0.05) is 12.1 Å². The van der Waals surface area contributed by atoms with Gasteiger partial charge in [0.1, 0.15) is 5.00 Å². The second kappa shape index (κ2) is 6.16. The van der Waals surface area contributed by atoms with Crippen molar-refractivity contribution in [2.75, 3.05) is 12.4 Å². The molecule has 2 amide bonds. The maximum absolute atomic E-state index is 12.2. The van der Waals surface area contributed by atoms with Crippen LogP contribution in [0.1, 0.15) is 20.7 Å². The molecule has 0 radical (unpaired) electrons. The van der Waals surface area contributed by atoms with Crippen LogP contribution in [0.5, 0.6) is 0 Å². The van der Waals surface area contributed by atoms with Crippen LogP contribution in [-0.4, -0.2) is 18.9 Å². The van der Waals surface area contributed by atoms with E-state index < -0.39 is 0 Å². The quantitative estimate of drug-likeness (QED) is 0.797. The van der Waals surface area contributed by atoms with E-state index in [1.54, 1.807) is 24.6 Å². The summed E-state index contributed by atoms with van der Waals surface area (Å²) in [5.41, 5.74) is 1.08. The number of nitrogens with one attached hydrogen (secondary N) is 2. The Hall–Kier alpha value is -1.41. The van der Waals surface area contributed by atoms with Crippen LogP contribution in [0.3, 0.4) is 0 Å². The molecule has 0 fully saturated rings. The molecule has 2 aromatic rings. The molecule has 0 aliphatic carbocycles. The van der Waals surface area contributed by atoms with Crippen LogP contribution in [-0.2, 0) is 0 Å². The minimum absolute atomic E-state index is 0.209. The van der Waals surface area contributed by atoms with Gasteiger partial charge in [0.2, 0.25) is 0 Å². The fourth-order valence-electron chi connectivity index (χ4n) is 1.54. The number of anilines is 1. The van der Waals surface area contributed by atoms with E-state index >= 15 is 0 Å². The lowest BCUT2D eigenvalue weighted by molar-refractivity contribution is 0.0964. The van der Waals surface area contributed by atoms with E-state index in [4.69, 9.17) is 0 Å². The lowest BCUT2D eigenvalue weighted by Crippen LogP contribution is -2.20. The molecule has 0 saturated carbocycles. The number of amides is 2. The zero-order chi connectivity index (χ0) is 13.8. The topological polar surface area (TPSA) is 58.2 Å². The summed E-state index contributed by atoms with van der Waals surface area (Å²) in [6, 6.07) is 8.99. The SMILES string of the molecule is CNC(=O)c1ccsc1NC(=O)c1ccccc1I. The van der Waals surface area contributed by atoms with Crippen molar-refractivity contribution in [1.29, 1.82) is 0 Å². The molecule has 6 heteroatoms. The standard InChI is InChI=1S/C13H11IN2O2S/c1-15-11(17)9-6-7-19-13(9)16-12(18)8-4-2-3-5-10(8)14/h2-7H,1H3,(H,15,17)(H,16,18). The molecule has 98 valence electrons. The van der Waals surface area contributed by atoms with Gasteiger partial charge in [0.05, 0.1) is 11.1 Å². The predicted molar refractivity (Wildman–Crippen MR) is 84.8 cm³/mol. The molecule has 2 N–H and O–H groups in total. The Labute approximate surface area is 128 Å². The summed E-state index contributed by atoms with van der Waals surface area (Å²) in [5.74, 6) is -0.420. The summed E-state index contributed by atoms with van der Waals surface area (Å²) in [4.78, 5) is 23.8. The van der Waals surface area contributed by atoms with Crippen molar-refractivity contribution in [1.82, 2.24) is 5.32 Å². The minimum atomic E-state index is -0.211. The second-order valence-electron chi connectivity index (χ2n) is 3.68. The number of benzene rings is 1. The molecule has 0 saturated heterocycles. The zero-order valence-electron chi connectivity index (χ0n) is 10.1. The van der Waals surface area contributed by atoms with Gasteiger partial charge in [-0.05, 0) is 46.2 Å². The molecule has 0 aliphatic heterocycles. The molecule has 19 heavy (non-hydrogen) atoms. The van der Waals surface area contributed by atoms with Gasteiger partial charge in [-0.2, -0.15) is 0 Å². The molecule has 1 heterocycles. The number of thiophene rings is 1. The van der Waals surface area contributed by atoms with E-state index in [-0.39, 0.29) is 11.8 Å². The van der Waals surface area contributed by atoms with E-state index in [1.165, 1.54) is 11.3 Å². The normalized spacial score (nSPS) is 10.0. The van der Waals surface area contributed by atoms with Gasteiger partial charge in [0.25, 0.3) is 11.8 Å². The first-order chi connectivity index (χ1) is 9.13. The molecule has 1 aromatic heterocycles. The van der Waals surface area contributed by atoms with Gasteiger partial charge in [-0.15, -0.1) is 11.3 Å². The fraction of sp³-hybridized carbons (Fsp3) is 0.0769. The highest BCUT2D eigenvalue weighted by Gasteiger charge is 2.15. The van der Waals surface area contributed by atoms with Crippen LogP contribution >= 0.6 is 33.9 Å². The van der Waals surface area contributed by atoms with E-state index in [0.29, 0.717) is 16.1 Å². The molecule has 0 unspecified atom stereocenters. The van der Waals surface area contributed by atoms with Gasteiger partial charge in [-0.25, -0.2) is 0 Å². The highest BCUT2D eigenvalue weighted by atomic mass is 127. The van der Waals surface area contributed by atoms with Crippen LogP contribution in [0, 0.1) is 3.57 Å². The number of halogens is 1. The monoisotopic (exact) mass is 386 g/mol. The highest BCUT2D eigenvalue weighted by molar-refractivity contribution is 14.1. The maximum atomic E-state index is 12.2. The molecule has 0 atom stereocenters. The summed E-state index contributed by atoms with van der Waals surface area (Å²) in [7, 11) is 1.56. The average Bonchev–Trinajstić information content (AvgIpc) is 2.86. The Morgan fingerprint density at radius 2 is 1.84 bits per heavy atom. The van der Waals surface area contributed by atoms with Crippen molar-refractivity contribution >= 4 is 50.7 Å². The summed E-state index contributed by atoms with van der Waals surface area (Å²) < 4.78 is 0.871. The van der Waals surface area contributed by atoms with E-state index in [2.05, 4.69) is 33.2 Å². The number of rotatable bonds is 3. The molecule has 1 aromatic carbocycles. The average molecular weight is 386 g/mol. The van der Waals surface area contributed by atoms with Gasteiger partial charge in [0.15, 0.2) is 0 Å². The van der Waals surface area contributed by atoms with Gasteiger partial charge in [-0.3, -0.25) is 9.59 Å². The third-order valence-electron chi connectivity index (χ3n) is 2.48. The van der Waals surface area contributed by atoms with E-state index in [1.807, 2.05) is 18.2 Å². The Morgan fingerprint density at radius 1 is 1.11 bits per heavy atom. The Balaban J connectivity index is 2.23. The third kappa shape index (κ3) is 3.13. The summed E-state index contributed by atoms with van der Waals surface area (Å²) in [6.45, 7) is 0. The largest absolute Gasteiger partial charge is 0.355 e. The molecule has 0 spiro atoms. The predicted octanol–water partition coefficient (Wildman–Crippen LogP) is 2.96. The summed E-state index contributed by atoms with van der Waals surface area (Å²) >= 11 is 3.44. The summed E-state index contributed by atoms with van der Waals surface area (Å²) in [6.07, 6.45) is 0. The summed E-state index contributed by atoms with van der Waals surface area (Å²) in [5, 5.41) is 7.66. The molecular weight excluding hydrogens is 375 g/mol. The Kier molecular flexibility index (Phi) is 4.54. The van der Waals surface area contributed by atoms with E-state index in [9.17, 15) is 9.59 Å².